The van der Waals surface area contributed by atoms with Crippen molar-refractivity contribution in [2.24, 2.45) is 0 Å². The van der Waals surface area contributed by atoms with Crippen LogP contribution < -0.4 is 0 Å². The van der Waals surface area contributed by atoms with Gasteiger partial charge in [-0.05, 0) is 22.9 Å². The molecule has 106 valence electrons. The van der Waals surface area contributed by atoms with Crippen molar-refractivity contribution in [3.05, 3.63) is 46.8 Å². The number of fused-ring (bicyclic) bond motifs is 2. The molecule has 0 saturated heterocycles. The van der Waals surface area contributed by atoms with E-state index in [9.17, 15) is 9.59 Å². The smallest absolute Gasteiger partial charge is 0.348 e. The van der Waals surface area contributed by atoms with Gasteiger partial charge in [0, 0.05) is 10.1 Å². The molecule has 5 heteroatoms. The third-order valence-corrected chi connectivity index (χ3v) is 4.45. The van der Waals surface area contributed by atoms with Gasteiger partial charge in [0.1, 0.15) is 4.88 Å². The van der Waals surface area contributed by atoms with Crippen LogP contribution in [0, 0.1) is 0 Å². The largest absolute Gasteiger partial charge is 0.465 e. The summed E-state index contributed by atoms with van der Waals surface area (Å²) in [5.74, 6) is -1.06. The lowest BCUT2D eigenvalue weighted by atomic mass is 10.1. The number of hydrogen-bond acceptors (Lipinski definition) is 5. The second-order valence-corrected chi connectivity index (χ2v) is 5.54. The van der Waals surface area contributed by atoms with Crippen molar-refractivity contribution < 1.29 is 19.1 Å². The summed E-state index contributed by atoms with van der Waals surface area (Å²) < 4.78 is 10.4. The Labute approximate surface area is 124 Å². The number of carbonyl (C=O) groups excluding carboxylic acids is 2. The van der Waals surface area contributed by atoms with Gasteiger partial charge in [-0.2, -0.15) is 0 Å². The average Bonchev–Trinajstić information content (AvgIpc) is 2.89. The molecule has 0 aliphatic rings. The average molecular weight is 300 g/mol. The Morgan fingerprint density at radius 1 is 0.952 bits per heavy atom. The maximum Gasteiger partial charge on any atom is 0.348 e. The van der Waals surface area contributed by atoms with Crippen LogP contribution in [0.15, 0.2) is 36.4 Å². The predicted octanol–water partition coefficient (Wildman–Crippen LogP) is 3.63. The fraction of sp³-hybridized carbons (Fsp3) is 0.125. The fourth-order valence-electron chi connectivity index (χ4n) is 2.32. The molecule has 3 aromatic rings. The van der Waals surface area contributed by atoms with E-state index in [2.05, 4.69) is 0 Å². The van der Waals surface area contributed by atoms with Crippen LogP contribution in [0.3, 0.4) is 0 Å². The molecule has 1 heterocycles. The predicted molar refractivity (Wildman–Crippen MR) is 82.0 cm³/mol. The summed E-state index contributed by atoms with van der Waals surface area (Å²) in [4.78, 5) is 24.2. The molecule has 0 saturated carbocycles. The lowest BCUT2D eigenvalue weighted by molar-refractivity contribution is 0.0561. The van der Waals surface area contributed by atoms with Crippen molar-refractivity contribution in [1.29, 1.82) is 0 Å². The van der Waals surface area contributed by atoms with E-state index in [1.54, 1.807) is 0 Å². The van der Waals surface area contributed by atoms with E-state index < -0.39 is 11.9 Å². The van der Waals surface area contributed by atoms with Gasteiger partial charge in [0.25, 0.3) is 0 Å². The SMILES string of the molecule is COC(=O)c1sc2cc3ccccc3cc2c1C(=O)OC. The van der Waals surface area contributed by atoms with Crippen molar-refractivity contribution in [1.82, 2.24) is 0 Å². The molecule has 2 aromatic carbocycles. The molecule has 0 N–H and O–H groups in total. The maximum atomic E-state index is 12.0. The molecule has 0 spiro atoms. The summed E-state index contributed by atoms with van der Waals surface area (Å²) in [6.07, 6.45) is 0. The van der Waals surface area contributed by atoms with E-state index >= 15 is 0 Å². The first-order valence-electron chi connectivity index (χ1n) is 6.27. The Hall–Kier alpha value is -2.40. The van der Waals surface area contributed by atoms with Crippen LogP contribution in [-0.4, -0.2) is 26.2 Å². The molecule has 4 nitrogen and oxygen atoms in total. The van der Waals surface area contributed by atoms with E-state index in [-0.39, 0.29) is 10.4 Å². The molecular weight excluding hydrogens is 288 g/mol. The number of hydrogen-bond donors (Lipinski definition) is 0. The molecule has 1 aromatic heterocycles. The summed E-state index contributed by atoms with van der Waals surface area (Å²) in [6, 6.07) is 11.7. The highest BCUT2D eigenvalue weighted by atomic mass is 32.1. The zero-order valence-corrected chi connectivity index (χ0v) is 12.3. The lowest BCUT2D eigenvalue weighted by Crippen LogP contribution is -2.08. The number of thiophene rings is 1. The summed E-state index contributed by atoms with van der Waals surface area (Å²) in [6.45, 7) is 0. The molecule has 0 unspecified atom stereocenters. The molecular formula is C16H12O4S. The maximum absolute atomic E-state index is 12.0. The molecule has 0 bridgehead atoms. The fourth-order valence-corrected chi connectivity index (χ4v) is 3.46. The van der Waals surface area contributed by atoms with Gasteiger partial charge in [-0.15, -0.1) is 11.3 Å². The van der Waals surface area contributed by atoms with Crippen LogP contribution in [0.4, 0.5) is 0 Å². The van der Waals surface area contributed by atoms with E-state index in [0.717, 1.165) is 15.5 Å². The highest BCUT2D eigenvalue weighted by Gasteiger charge is 2.25. The van der Waals surface area contributed by atoms with Crippen molar-refractivity contribution in [2.45, 2.75) is 0 Å². The van der Waals surface area contributed by atoms with Crippen LogP contribution in [-0.2, 0) is 9.47 Å². The van der Waals surface area contributed by atoms with Gasteiger partial charge in [0.05, 0.1) is 19.8 Å². The molecule has 0 fully saturated rings. The monoisotopic (exact) mass is 300 g/mol. The number of carbonyl (C=O) groups is 2. The van der Waals surface area contributed by atoms with Crippen LogP contribution >= 0.6 is 11.3 Å². The van der Waals surface area contributed by atoms with E-state index in [4.69, 9.17) is 9.47 Å². The van der Waals surface area contributed by atoms with Crippen molar-refractivity contribution >= 4 is 44.1 Å². The van der Waals surface area contributed by atoms with Crippen LogP contribution in [0.2, 0.25) is 0 Å². The number of rotatable bonds is 2. The van der Waals surface area contributed by atoms with Crippen molar-refractivity contribution in [2.75, 3.05) is 14.2 Å². The summed E-state index contributed by atoms with van der Waals surface area (Å²) in [5, 5.41) is 2.77. The zero-order chi connectivity index (χ0) is 15.0. The molecule has 0 radical (unpaired) electrons. The minimum absolute atomic E-state index is 0.273. The van der Waals surface area contributed by atoms with Gasteiger partial charge in [-0.3, -0.25) is 0 Å². The third-order valence-electron chi connectivity index (χ3n) is 3.32. The van der Waals surface area contributed by atoms with E-state index in [1.807, 2.05) is 36.4 Å². The Kier molecular flexibility index (Phi) is 3.35. The molecule has 0 atom stereocenters. The Balaban J connectivity index is 2.39. The molecule has 0 aliphatic heterocycles. The topological polar surface area (TPSA) is 52.6 Å². The second-order valence-electron chi connectivity index (χ2n) is 4.48. The minimum Gasteiger partial charge on any atom is -0.465 e. The second kappa shape index (κ2) is 5.18. The van der Waals surface area contributed by atoms with E-state index in [0.29, 0.717) is 5.39 Å². The summed E-state index contributed by atoms with van der Waals surface area (Å²) in [7, 11) is 2.60. The quantitative estimate of drug-likeness (QED) is 0.678. The van der Waals surface area contributed by atoms with E-state index in [1.165, 1.54) is 25.6 Å². The van der Waals surface area contributed by atoms with Crippen LogP contribution in [0.25, 0.3) is 20.9 Å². The van der Waals surface area contributed by atoms with Gasteiger partial charge in [-0.1, -0.05) is 24.3 Å². The van der Waals surface area contributed by atoms with Gasteiger partial charge in [0.2, 0.25) is 0 Å². The van der Waals surface area contributed by atoms with Crippen molar-refractivity contribution in [3.63, 3.8) is 0 Å². The summed E-state index contributed by atoms with van der Waals surface area (Å²) >= 11 is 1.24. The zero-order valence-electron chi connectivity index (χ0n) is 11.5. The molecule has 0 amide bonds. The normalized spacial score (nSPS) is 10.8. The number of esters is 2. The van der Waals surface area contributed by atoms with Crippen LogP contribution in [0.1, 0.15) is 20.0 Å². The van der Waals surface area contributed by atoms with Crippen molar-refractivity contribution in [3.8, 4) is 0 Å². The first-order valence-corrected chi connectivity index (χ1v) is 7.09. The Morgan fingerprint density at radius 2 is 1.57 bits per heavy atom. The number of methoxy groups -OCH3 is 2. The highest BCUT2D eigenvalue weighted by molar-refractivity contribution is 7.21. The highest BCUT2D eigenvalue weighted by Crippen LogP contribution is 2.35. The number of benzene rings is 2. The first-order chi connectivity index (χ1) is 10.2. The van der Waals surface area contributed by atoms with Crippen LogP contribution in [0.5, 0.6) is 0 Å². The molecule has 21 heavy (non-hydrogen) atoms. The van der Waals surface area contributed by atoms with Gasteiger partial charge >= 0.3 is 11.9 Å². The Bertz CT molecular complexity index is 863. The lowest BCUT2D eigenvalue weighted by Gasteiger charge is -2.02. The standard InChI is InChI=1S/C16H12O4S/c1-19-15(17)13-11-7-9-5-3-4-6-10(9)8-12(11)21-14(13)16(18)20-2/h3-8H,1-2H3. The van der Waals surface area contributed by atoms with Gasteiger partial charge < -0.3 is 9.47 Å². The Morgan fingerprint density at radius 3 is 2.19 bits per heavy atom. The molecule has 0 aliphatic carbocycles. The van der Waals surface area contributed by atoms with Gasteiger partial charge in [-0.25, -0.2) is 9.59 Å². The molecule has 3 rings (SSSR count). The van der Waals surface area contributed by atoms with Gasteiger partial charge in [0.15, 0.2) is 0 Å². The summed E-state index contributed by atoms with van der Waals surface area (Å²) in [5.41, 5.74) is 0.273. The minimum atomic E-state index is -0.531. The third kappa shape index (κ3) is 2.15. The number of ether oxygens (including phenoxy) is 2. The first kappa shape index (κ1) is 13.6.